The lowest BCUT2D eigenvalue weighted by Crippen LogP contribution is -2.43. The largest absolute Gasteiger partial charge is 0.325 e. The molecule has 0 radical (unpaired) electrons. The molecule has 0 aliphatic carbocycles. The molecular formula is C21H25ClN2O3S. The van der Waals surface area contributed by atoms with E-state index in [-0.39, 0.29) is 16.2 Å². The molecule has 1 amide bonds. The molecule has 1 atom stereocenters. The minimum atomic E-state index is -3.74. The number of hydrogen-bond donors (Lipinski definition) is 1. The first-order chi connectivity index (χ1) is 13.1. The maximum absolute atomic E-state index is 13.1. The Hall–Kier alpha value is -1.89. The highest BCUT2D eigenvalue weighted by atomic mass is 35.5. The monoisotopic (exact) mass is 420 g/mol. The number of anilines is 1. The van der Waals surface area contributed by atoms with Crippen LogP contribution in [0.4, 0.5) is 5.69 Å². The Kier molecular flexibility index (Phi) is 5.84. The van der Waals surface area contributed by atoms with Crippen molar-refractivity contribution >= 4 is 33.2 Å². The van der Waals surface area contributed by atoms with Crippen molar-refractivity contribution in [2.45, 2.75) is 50.0 Å². The third-order valence-electron chi connectivity index (χ3n) is 4.95. The number of nitrogens with one attached hydrogen (secondary N) is 1. The Bertz CT molecular complexity index is 949. The number of amides is 1. The van der Waals surface area contributed by atoms with Crippen LogP contribution in [0, 0.1) is 0 Å². The summed E-state index contributed by atoms with van der Waals surface area (Å²) in [4.78, 5) is 12.9. The summed E-state index contributed by atoms with van der Waals surface area (Å²) in [7, 11) is -3.74. The summed E-state index contributed by atoms with van der Waals surface area (Å²) in [5, 5.41) is 3.36. The summed E-state index contributed by atoms with van der Waals surface area (Å²) in [5.74, 6) is -0.324. The fourth-order valence-electron chi connectivity index (χ4n) is 3.31. The number of sulfonamides is 1. The van der Waals surface area contributed by atoms with E-state index in [1.54, 1.807) is 36.4 Å². The van der Waals surface area contributed by atoms with Crippen molar-refractivity contribution in [3.63, 3.8) is 0 Å². The first-order valence-corrected chi connectivity index (χ1v) is 11.1. The van der Waals surface area contributed by atoms with Crippen molar-refractivity contribution in [3.05, 3.63) is 59.1 Å². The van der Waals surface area contributed by atoms with Crippen molar-refractivity contribution < 1.29 is 13.2 Å². The normalized spacial score (nSPS) is 18.2. The van der Waals surface area contributed by atoms with Gasteiger partial charge < -0.3 is 5.32 Å². The van der Waals surface area contributed by atoms with Crippen LogP contribution in [0.15, 0.2) is 53.4 Å². The third kappa shape index (κ3) is 4.40. The van der Waals surface area contributed by atoms with Gasteiger partial charge in [-0.3, -0.25) is 4.79 Å². The molecule has 1 aliphatic rings. The first kappa shape index (κ1) is 20.8. The molecule has 0 bridgehead atoms. The van der Waals surface area contributed by atoms with Gasteiger partial charge in [-0.2, -0.15) is 4.31 Å². The van der Waals surface area contributed by atoms with Crippen LogP contribution in [0.1, 0.15) is 39.2 Å². The predicted octanol–water partition coefficient (Wildman–Crippen LogP) is 4.43. The Morgan fingerprint density at radius 1 is 1.07 bits per heavy atom. The predicted molar refractivity (Wildman–Crippen MR) is 112 cm³/mol. The minimum absolute atomic E-state index is 0.0586. The number of nitrogens with zero attached hydrogens (tertiary/aromatic N) is 1. The highest BCUT2D eigenvalue weighted by Crippen LogP contribution is 2.29. The quantitative estimate of drug-likeness (QED) is 0.795. The van der Waals surface area contributed by atoms with E-state index in [0.29, 0.717) is 30.1 Å². The van der Waals surface area contributed by atoms with Gasteiger partial charge in [0.15, 0.2) is 0 Å². The van der Waals surface area contributed by atoms with E-state index in [1.165, 1.54) is 4.31 Å². The van der Waals surface area contributed by atoms with Crippen LogP contribution < -0.4 is 5.32 Å². The van der Waals surface area contributed by atoms with E-state index in [4.69, 9.17) is 11.6 Å². The second kappa shape index (κ2) is 7.85. The van der Waals surface area contributed by atoms with Gasteiger partial charge >= 0.3 is 0 Å². The Balaban J connectivity index is 1.80. The lowest BCUT2D eigenvalue weighted by Gasteiger charge is -2.24. The van der Waals surface area contributed by atoms with Gasteiger partial charge in [-0.1, -0.05) is 44.5 Å². The molecule has 7 heteroatoms. The summed E-state index contributed by atoms with van der Waals surface area (Å²) in [5.41, 5.74) is 1.59. The molecule has 5 nitrogen and oxygen atoms in total. The number of halogens is 1. The van der Waals surface area contributed by atoms with E-state index in [1.807, 2.05) is 12.1 Å². The summed E-state index contributed by atoms with van der Waals surface area (Å²) in [6.07, 6.45) is 1.15. The van der Waals surface area contributed by atoms with Crippen molar-refractivity contribution in [3.8, 4) is 0 Å². The molecular weight excluding hydrogens is 396 g/mol. The van der Waals surface area contributed by atoms with E-state index >= 15 is 0 Å². The molecule has 1 aliphatic heterocycles. The van der Waals surface area contributed by atoms with Gasteiger partial charge in [0.25, 0.3) is 0 Å². The molecule has 0 aromatic heterocycles. The molecule has 2 aromatic rings. The van der Waals surface area contributed by atoms with Crippen LogP contribution in [-0.2, 0) is 20.2 Å². The van der Waals surface area contributed by atoms with Gasteiger partial charge in [-0.15, -0.1) is 0 Å². The first-order valence-electron chi connectivity index (χ1n) is 9.28. The Morgan fingerprint density at radius 3 is 2.25 bits per heavy atom. The van der Waals surface area contributed by atoms with Crippen molar-refractivity contribution in [2.24, 2.45) is 0 Å². The van der Waals surface area contributed by atoms with Gasteiger partial charge in [0.2, 0.25) is 15.9 Å². The Labute approximate surface area is 171 Å². The average Bonchev–Trinajstić information content (AvgIpc) is 3.14. The van der Waals surface area contributed by atoms with E-state index < -0.39 is 16.1 Å². The molecule has 1 unspecified atom stereocenters. The van der Waals surface area contributed by atoms with E-state index in [0.717, 1.165) is 5.56 Å². The zero-order valence-electron chi connectivity index (χ0n) is 16.3. The summed E-state index contributed by atoms with van der Waals surface area (Å²) >= 11 is 5.87. The maximum atomic E-state index is 13.1. The number of benzene rings is 2. The molecule has 2 aromatic carbocycles. The van der Waals surface area contributed by atoms with Gasteiger partial charge in [0, 0.05) is 17.3 Å². The van der Waals surface area contributed by atoms with Gasteiger partial charge in [-0.05, 0) is 60.2 Å². The van der Waals surface area contributed by atoms with Crippen LogP contribution in [0.5, 0.6) is 0 Å². The molecule has 1 heterocycles. The Morgan fingerprint density at radius 2 is 1.68 bits per heavy atom. The molecule has 1 N–H and O–H groups in total. The molecule has 0 saturated carbocycles. The zero-order chi connectivity index (χ0) is 20.5. The lowest BCUT2D eigenvalue weighted by molar-refractivity contribution is -0.119. The molecule has 1 fully saturated rings. The third-order valence-corrected chi connectivity index (χ3v) is 7.12. The maximum Gasteiger partial charge on any atom is 0.243 e. The van der Waals surface area contributed by atoms with E-state index in [2.05, 4.69) is 26.1 Å². The van der Waals surface area contributed by atoms with Crippen LogP contribution in [0.25, 0.3) is 0 Å². The van der Waals surface area contributed by atoms with Crippen LogP contribution >= 0.6 is 11.6 Å². The van der Waals surface area contributed by atoms with E-state index in [9.17, 15) is 13.2 Å². The second-order valence-corrected chi connectivity index (χ2v) is 10.4. The number of carbonyl (C=O) groups excluding carboxylic acids is 1. The fraction of sp³-hybridized carbons (Fsp3) is 0.381. The molecule has 3 rings (SSSR count). The SMILES string of the molecule is CC(C)(C)c1ccc(S(=O)(=O)N2CCCC2C(=O)Nc2ccc(Cl)cc2)cc1. The summed E-state index contributed by atoms with van der Waals surface area (Å²) in [6.45, 7) is 6.57. The highest BCUT2D eigenvalue weighted by Gasteiger charge is 2.39. The molecule has 150 valence electrons. The fourth-order valence-corrected chi connectivity index (χ4v) is 5.09. The highest BCUT2D eigenvalue weighted by molar-refractivity contribution is 7.89. The van der Waals surface area contributed by atoms with Crippen molar-refractivity contribution in [1.82, 2.24) is 4.31 Å². The number of rotatable bonds is 4. The van der Waals surface area contributed by atoms with Crippen LogP contribution in [-0.4, -0.2) is 31.2 Å². The van der Waals surface area contributed by atoms with Crippen molar-refractivity contribution in [2.75, 3.05) is 11.9 Å². The summed E-state index contributed by atoms with van der Waals surface area (Å²) in [6, 6.07) is 13.0. The van der Waals surface area contributed by atoms with Crippen LogP contribution in [0.3, 0.4) is 0 Å². The second-order valence-electron chi connectivity index (χ2n) is 8.04. The topological polar surface area (TPSA) is 66.5 Å². The van der Waals surface area contributed by atoms with Gasteiger partial charge in [-0.25, -0.2) is 8.42 Å². The van der Waals surface area contributed by atoms with Crippen LogP contribution in [0.2, 0.25) is 5.02 Å². The lowest BCUT2D eigenvalue weighted by atomic mass is 9.87. The standard InChI is InChI=1S/C21H25ClN2O3S/c1-21(2,3)15-6-12-18(13-7-15)28(26,27)24-14-4-5-19(24)20(25)23-17-10-8-16(22)9-11-17/h6-13,19H,4-5,14H2,1-3H3,(H,23,25). The molecule has 28 heavy (non-hydrogen) atoms. The van der Waals surface area contributed by atoms with Gasteiger partial charge in [0.1, 0.15) is 6.04 Å². The summed E-state index contributed by atoms with van der Waals surface area (Å²) < 4.78 is 27.6. The van der Waals surface area contributed by atoms with Crippen molar-refractivity contribution in [1.29, 1.82) is 0 Å². The minimum Gasteiger partial charge on any atom is -0.325 e. The molecule has 1 saturated heterocycles. The average molecular weight is 421 g/mol. The smallest absolute Gasteiger partial charge is 0.243 e. The molecule has 0 spiro atoms. The number of carbonyl (C=O) groups is 1. The van der Waals surface area contributed by atoms with Gasteiger partial charge in [0.05, 0.1) is 4.90 Å². The zero-order valence-corrected chi connectivity index (χ0v) is 17.8. The number of hydrogen-bond acceptors (Lipinski definition) is 3.